The average molecular weight is 253 g/mol. The minimum atomic E-state index is -0.438. The number of hydrogen-bond acceptors (Lipinski definition) is 6. The molecule has 1 aromatic rings. The first-order valence-electron chi connectivity index (χ1n) is 5.90. The lowest BCUT2D eigenvalue weighted by atomic mass is 10.4. The molecule has 18 heavy (non-hydrogen) atoms. The molecule has 0 fully saturated rings. The van der Waals surface area contributed by atoms with E-state index in [4.69, 9.17) is 9.47 Å². The Hall–Kier alpha value is -1.69. The van der Waals surface area contributed by atoms with E-state index < -0.39 is 5.97 Å². The summed E-state index contributed by atoms with van der Waals surface area (Å²) in [5.74, 6) is -0.0170. The predicted molar refractivity (Wildman–Crippen MR) is 67.6 cm³/mol. The van der Waals surface area contributed by atoms with Crippen LogP contribution < -0.4 is 5.32 Å². The SMILES string of the molecule is COCCCNc1nccc(C(=O)OC(C)C)n1. The maximum absolute atomic E-state index is 11.6. The minimum absolute atomic E-state index is 0.162. The number of ether oxygens (including phenoxy) is 2. The Bertz CT molecular complexity index is 383. The van der Waals surface area contributed by atoms with Crippen molar-refractivity contribution in [3.05, 3.63) is 18.0 Å². The molecule has 0 aromatic carbocycles. The van der Waals surface area contributed by atoms with Crippen LogP contribution in [0.2, 0.25) is 0 Å². The molecule has 1 rings (SSSR count). The second-order valence-corrected chi connectivity index (χ2v) is 3.99. The zero-order valence-electron chi connectivity index (χ0n) is 11.0. The Labute approximate surface area is 107 Å². The summed E-state index contributed by atoms with van der Waals surface area (Å²) in [7, 11) is 1.65. The normalized spacial score (nSPS) is 10.4. The van der Waals surface area contributed by atoms with Gasteiger partial charge in [0.15, 0.2) is 5.69 Å². The van der Waals surface area contributed by atoms with Crippen molar-refractivity contribution in [2.45, 2.75) is 26.4 Å². The van der Waals surface area contributed by atoms with Crippen molar-refractivity contribution in [2.75, 3.05) is 25.6 Å². The van der Waals surface area contributed by atoms with Crippen molar-refractivity contribution in [1.29, 1.82) is 0 Å². The van der Waals surface area contributed by atoms with Crippen molar-refractivity contribution in [2.24, 2.45) is 0 Å². The van der Waals surface area contributed by atoms with E-state index in [9.17, 15) is 4.79 Å². The third-order valence-corrected chi connectivity index (χ3v) is 2.02. The highest BCUT2D eigenvalue weighted by molar-refractivity contribution is 5.87. The van der Waals surface area contributed by atoms with Gasteiger partial charge < -0.3 is 14.8 Å². The van der Waals surface area contributed by atoms with Crippen molar-refractivity contribution in [3.8, 4) is 0 Å². The molecule has 6 nitrogen and oxygen atoms in total. The number of anilines is 1. The van der Waals surface area contributed by atoms with Gasteiger partial charge in [0.2, 0.25) is 5.95 Å². The van der Waals surface area contributed by atoms with Gasteiger partial charge in [-0.1, -0.05) is 0 Å². The van der Waals surface area contributed by atoms with E-state index in [-0.39, 0.29) is 11.8 Å². The summed E-state index contributed by atoms with van der Waals surface area (Å²) in [6.07, 6.45) is 2.22. The lowest BCUT2D eigenvalue weighted by Crippen LogP contribution is -2.15. The Morgan fingerprint density at radius 2 is 2.28 bits per heavy atom. The Morgan fingerprint density at radius 1 is 1.50 bits per heavy atom. The molecule has 0 saturated heterocycles. The van der Waals surface area contributed by atoms with Gasteiger partial charge in [0.1, 0.15) is 0 Å². The fourth-order valence-electron chi connectivity index (χ4n) is 1.25. The van der Waals surface area contributed by atoms with E-state index in [1.807, 2.05) is 0 Å². The molecule has 1 N–H and O–H groups in total. The topological polar surface area (TPSA) is 73.3 Å². The van der Waals surface area contributed by atoms with Gasteiger partial charge in [-0.05, 0) is 26.3 Å². The molecular weight excluding hydrogens is 234 g/mol. The Morgan fingerprint density at radius 3 is 2.94 bits per heavy atom. The van der Waals surface area contributed by atoms with Gasteiger partial charge in [0, 0.05) is 26.5 Å². The van der Waals surface area contributed by atoms with Crippen LogP contribution in [0.3, 0.4) is 0 Å². The minimum Gasteiger partial charge on any atom is -0.458 e. The zero-order valence-corrected chi connectivity index (χ0v) is 11.0. The van der Waals surface area contributed by atoms with Crippen molar-refractivity contribution in [3.63, 3.8) is 0 Å². The molecule has 0 radical (unpaired) electrons. The standard InChI is InChI=1S/C12H19N3O3/c1-9(2)18-11(16)10-5-7-14-12(15-10)13-6-4-8-17-3/h5,7,9H,4,6,8H2,1-3H3,(H,13,14,15). The quantitative estimate of drug-likeness (QED) is 0.586. The first kappa shape index (κ1) is 14.4. The van der Waals surface area contributed by atoms with Gasteiger partial charge in [-0.2, -0.15) is 0 Å². The second-order valence-electron chi connectivity index (χ2n) is 3.99. The predicted octanol–water partition coefficient (Wildman–Crippen LogP) is 1.49. The van der Waals surface area contributed by atoms with Crippen LogP contribution in [0.1, 0.15) is 30.8 Å². The summed E-state index contributed by atoms with van der Waals surface area (Å²) in [5.41, 5.74) is 0.257. The third-order valence-electron chi connectivity index (χ3n) is 2.02. The number of aromatic nitrogens is 2. The summed E-state index contributed by atoms with van der Waals surface area (Å²) < 4.78 is 9.99. The average Bonchev–Trinajstić information content (AvgIpc) is 2.34. The fourth-order valence-corrected chi connectivity index (χ4v) is 1.25. The molecule has 0 aliphatic heterocycles. The molecule has 1 heterocycles. The van der Waals surface area contributed by atoms with Crippen LogP contribution in [0.25, 0.3) is 0 Å². The highest BCUT2D eigenvalue weighted by Crippen LogP contribution is 2.04. The van der Waals surface area contributed by atoms with Crippen LogP contribution in [0.15, 0.2) is 12.3 Å². The highest BCUT2D eigenvalue weighted by atomic mass is 16.5. The molecule has 0 saturated carbocycles. The van der Waals surface area contributed by atoms with Gasteiger partial charge in [0.25, 0.3) is 0 Å². The maximum Gasteiger partial charge on any atom is 0.357 e. The van der Waals surface area contributed by atoms with E-state index in [0.717, 1.165) is 6.42 Å². The third kappa shape index (κ3) is 5.09. The highest BCUT2D eigenvalue weighted by Gasteiger charge is 2.11. The summed E-state index contributed by atoms with van der Waals surface area (Å²) in [6, 6.07) is 1.53. The summed E-state index contributed by atoms with van der Waals surface area (Å²) in [6.45, 7) is 4.95. The molecule has 6 heteroatoms. The number of hydrogen-bond donors (Lipinski definition) is 1. The zero-order chi connectivity index (χ0) is 13.4. The largest absolute Gasteiger partial charge is 0.458 e. The van der Waals surface area contributed by atoms with E-state index in [0.29, 0.717) is 19.1 Å². The van der Waals surface area contributed by atoms with Gasteiger partial charge in [-0.3, -0.25) is 0 Å². The molecule has 100 valence electrons. The Kier molecular flexibility index (Phi) is 6.07. The Balaban J connectivity index is 2.53. The van der Waals surface area contributed by atoms with Crippen LogP contribution in [0.4, 0.5) is 5.95 Å². The molecule has 0 atom stereocenters. The van der Waals surface area contributed by atoms with E-state index >= 15 is 0 Å². The molecule has 0 aliphatic rings. The van der Waals surface area contributed by atoms with Crippen molar-refractivity contribution in [1.82, 2.24) is 9.97 Å². The van der Waals surface area contributed by atoms with Gasteiger partial charge in [-0.15, -0.1) is 0 Å². The number of rotatable bonds is 7. The number of carbonyl (C=O) groups excluding carboxylic acids is 1. The number of esters is 1. The molecule has 0 spiro atoms. The van der Waals surface area contributed by atoms with E-state index in [1.165, 1.54) is 12.3 Å². The number of methoxy groups -OCH3 is 1. The molecule has 1 aromatic heterocycles. The molecule has 0 bridgehead atoms. The summed E-state index contributed by atoms with van der Waals surface area (Å²) in [4.78, 5) is 19.7. The lowest BCUT2D eigenvalue weighted by Gasteiger charge is -2.08. The molecule has 0 amide bonds. The summed E-state index contributed by atoms with van der Waals surface area (Å²) in [5, 5.41) is 3.02. The number of carbonyl (C=O) groups is 1. The molecule has 0 aliphatic carbocycles. The van der Waals surface area contributed by atoms with Gasteiger partial charge >= 0.3 is 5.97 Å². The van der Waals surface area contributed by atoms with Crippen LogP contribution in [0.5, 0.6) is 0 Å². The first-order valence-corrected chi connectivity index (χ1v) is 5.90. The van der Waals surface area contributed by atoms with E-state index in [1.54, 1.807) is 21.0 Å². The molecular formula is C12H19N3O3. The van der Waals surface area contributed by atoms with Crippen LogP contribution in [-0.4, -0.2) is 42.3 Å². The number of nitrogens with one attached hydrogen (secondary N) is 1. The summed E-state index contributed by atoms with van der Waals surface area (Å²) >= 11 is 0. The van der Waals surface area contributed by atoms with Gasteiger partial charge in [0.05, 0.1) is 6.10 Å². The lowest BCUT2D eigenvalue weighted by molar-refractivity contribution is 0.0371. The van der Waals surface area contributed by atoms with Crippen molar-refractivity contribution >= 4 is 11.9 Å². The van der Waals surface area contributed by atoms with Crippen molar-refractivity contribution < 1.29 is 14.3 Å². The van der Waals surface area contributed by atoms with E-state index in [2.05, 4.69) is 15.3 Å². The first-order chi connectivity index (χ1) is 8.63. The second kappa shape index (κ2) is 7.60. The fraction of sp³-hybridized carbons (Fsp3) is 0.583. The smallest absolute Gasteiger partial charge is 0.357 e. The molecule has 0 unspecified atom stereocenters. The monoisotopic (exact) mass is 253 g/mol. The van der Waals surface area contributed by atoms with Crippen LogP contribution in [-0.2, 0) is 9.47 Å². The number of nitrogens with zero attached hydrogens (tertiary/aromatic N) is 2. The van der Waals surface area contributed by atoms with Crippen LogP contribution >= 0.6 is 0 Å². The van der Waals surface area contributed by atoms with Crippen LogP contribution in [0, 0.1) is 0 Å². The van der Waals surface area contributed by atoms with Gasteiger partial charge in [-0.25, -0.2) is 14.8 Å². The maximum atomic E-state index is 11.6.